The highest BCUT2D eigenvalue weighted by Crippen LogP contribution is 2.29. The summed E-state index contributed by atoms with van der Waals surface area (Å²) >= 11 is 0. The summed E-state index contributed by atoms with van der Waals surface area (Å²) in [6.07, 6.45) is 0. The van der Waals surface area contributed by atoms with E-state index in [0.717, 1.165) is 4.90 Å². The van der Waals surface area contributed by atoms with Crippen LogP contribution in [0.25, 0.3) is 0 Å². The van der Waals surface area contributed by atoms with E-state index in [1.165, 1.54) is 6.92 Å². The number of hydrogen-bond acceptors (Lipinski definition) is 5. The standard InChI is InChI=1S/C20H15N5O3/c1-20(15-8-6-13(10-21)7-9-15)18(27)25(19(28)24-20)12-17(26)23-16-5-3-2-4-14(16)11-22/h2-9H,12H2,1H3,(H,23,26)(H,24,28). The minimum Gasteiger partial charge on any atom is -0.323 e. The number of nitrogens with one attached hydrogen (secondary N) is 2. The van der Waals surface area contributed by atoms with Gasteiger partial charge < -0.3 is 10.6 Å². The third-order valence-corrected chi connectivity index (χ3v) is 4.49. The number of para-hydroxylation sites is 1. The minimum absolute atomic E-state index is 0.274. The van der Waals surface area contributed by atoms with E-state index in [2.05, 4.69) is 10.6 Å². The number of anilines is 1. The Bertz CT molecular complexity index is 1050. The van der Waals surface area contributed by atoms with Crippen LogP contribution < -0.4 is 10.6 Å². The average Bonchev–Trinajstić information content (AvgIpc) is 2.92. The zero-order valence-corrected chi connectivity index (χ0v) is 14.9. The van der Waals surface area contributed by atoms with Gasteiger partial charge >= 0.3 is 6.03 Å². The molecule has 3 rings (SSSR count). The summed E-state index contributed by atoms with van der Waals surface area (Å²) < 4.78 is 0. The van der Waals surface area contributed by atoms with E-state index >= 15 is 0 Å². The van der Waals surface area contributed by atoms with Crippen LogP contribution in [-0.4, -0.2) is 29.3 Å². The monoisotopic (exact) mass is 373 g/mol. The Hall–Kier alpha value is -4.17. The number of urea groups is 1. The van der Waals surface area contributed by atoms with Crippen LogP contribution in [0.2, 0.25) is 0 Å². The third kappa shape index (κ3) is 3.27. The molecule has 2 aromatic rings. The Morgan fingerprint density at radius 1 is 1.11 bits per heavy atom. The van der Waals surface area contributed by atoms with Crippen LogP contribution in [-0.2, 0) is 15.1 Å². The summed E-state index contributed by atoms with van der Waals surface area (Å²) in [6, 6.07) is 15.9. The minimum atomic E-state index is -1.34. The molecule has 2 aromatic carbocycles. The lowest BCUT2D eigenvalue weighted by Gasteiger charge is -2.22. The first-order valence-corrected chi connectivity index (χ1v) is 8.33. The fraction of sp³-hybridized carbons (Fsp3) is 0.150. The first kappa shape index (κ1) is 18.6. The molecule has 1 atom stereocenters. The number of benzene rings is 2. The van der Waals surface area contributed by atoms with Crippen LogP contribution in [0.1, 0.15) is 23.6 Å². The van der Waals surface area contributed by atoms with Gasteiger partial charge in [-0.25, -0.2) is 4.79 Å². The Labute approximate surface area is 161 Å². The van der Waals surface area contributed by atoms with Gasteiger partial charge in [0.2, 0.25) is 5.91 Å². The number of hydrogen-bond donors (Lipinski definition) is 2. The highest BCUT2D eigenvalue weighted by Gasteiger charge is 2.49. The molecule has 1 aliphatic rings. The van der Waals surface area contributed by atoms with Crippen molar-refractivity contribution in [1.82, 2.24) is 10.2 Å². The number of carbonyl (C=O) groups is 3. The average molecular weight is 373 g/mol. The number of carbonyl (C=O) groups excluding carboxylic acids is 3. The van der Waals surface area contributed by atoms with Gasteiger partial charge in [0.25, 0.3) is 5.91 Å². The van der Waals surface area contributed by atoms with Crippen LogP contribution in [0, 0.1) is 22.7 Å². The van der Waals surface area contributed by atoms with Gasteiger partial charge in [-0.3, -0.25) is 14.5 Å². The molecule has 8 nitrogen and oxygen atoms in total. The van der Waals surface area contributed by atoms with Gasteiger partial charge in [-0.05, 0) is 36.8 Å². The first-order chi connectivity index (χ1) is 13.4. The summed E-state index contributed by atoms with van der Waals surface area (Å²) in [4.78, 5) is 38.3. The second-order valence-electron chi connectivity index (χ2n) is 6.34. The Morgan fingerprint density at radius 3 is 2.43 bits per heavy atom. The lowest BCUT2D eigenvalue weighted by Crippen LogP contribution is -2.42. The molecule has 1 aliphatic heterocycles. The van der Waals surface area contributed by atoms with Crippen molar-refractivity contribution in [2.24, 2.45) is 0 Å². The van der Waals surface area contributed by atoms with Crippen molar-refractivity contribution in [3.05, 3.63) is 65.2 Å². The topological polar surface area (TPSA) is 126 Å². The van der Waals surface area contributed by atoms with Crippen LogP contribution in [0.4, 0.5) is 10.5 Å². The van der Waals surface area contributed by atoms with E-state index in [0.29, 0.717) is 16.8 Å². The van der Waals surface area contributed by atoms with Gasteiger partial charge in [0.05, 0.1) is 22.9 Å². The molecule has 8 heteroatoms. The van der Waals surface area contributed by atoms with E-state index in [9.17, 15) is 14.4 Å². The lowest BCUT2D eigenvalue weighted by molar-refractivity contribution is -0.133. The van der Waals surface area contributed by atoms with Crippen molar-refractivity contribution < 1.29 is 14.4 Å². The maximum atomic E-state index is 12.8. The summed E-state index contributed by atoms with van der Waals surface area (Å²) in [5, 5.41) is 23.1. The maximum Gasteiger partial charge on any atom is 0.325 e. The van der Waals surface area contributed by atoms with Gasteiger partial charge in [0.1, 0.15) is 18.2 Å². The summed E-state index contributed by atoms with van der Waals surface area (Å²) in [7, 11) is 0. The largest absolute Gasteiger partial charge is 0.325 e. The van der Waals surface area contributed by atoms with Crippen molar-refractivity contribution in [3.63, 3.8) is 0 Å². The molecule has 0 saturated carbocycles. The number of nitrogens with zero attached hydrogens (tertiary/aromatic N) is 3. The number of amides is 4. The number of nitriles is 2. The second-order valence-corrected chi connectivity index (χ2v) is 6.34. The normalized spacial score (nSPS) is 18.2. The molecule has 1 saturated heterocycles. The molecule has 4 amide bonds. The SMILES string of the molecule is CC1(c2ccc(C#N)cc2)NC(=O)N(CC(=O)Nc2ccccc2C#N)C1=O. The number of imide groups is 1. The van der Waals surface area contributed by atoms with Crippen LogP contribution in [0.3, 0.4) is 0 Å². The second kappa shape index (κ2) is 7.22. The molecular weight excluding hydrogens is 358 g/mol. The van der Waals surface area contributed by atoms with E-state index < -0.39 is 29.9 Å². The predicted octanol–water partition coefficient (Wildman–Crippen LogP) is 1.84. The lowest BCUT2D eigenvalue weighted by atomic mass is 9.91. The molecule has 1 unspecified atom stereocenters. The number of rotatable bonds is 4. The van der Waals surface area contributed by atoms with E-state index in [1.807, 2.05) is 12.1 Å². The van der Waals surface area contributed by atoms with Gasteiger partial charge in [-0.15, -0.1) is 0 Å². The van der Waals surface area contributed by atoms with Gasteiger partial charge in [0, 0.05) is 0 Å². The fourth-order valence-corrected chi connectivity index (χ4v) is 2.94. The van der Waals surface area contributed by atoms with E-state index in [1.54, 1.807) is 48.5 Å². The predicted molar refractivity (Wildman–Crippen MR) is 98.5 cm³/mol. The molecular formula is C20H15N5O3. The molecule has 138 valence electrons. The molecule has 28 heavy (non-hydrogen) atoms. The van der Waals surface area contributed by atoms with Crippen molar-refractivity contribution in [2.45, 2.75) is 12.5 Å². The van der Waals surface area contributed by atoms with Gasteiger partial charge in [-0.1, -0.05) is 24.3 Å². The van der Waals surface area contributed by atoms with Crippen LogP contribution in [0.15, 0.2) is 48.5 Å². The summed E-state index contributed by atoms with van der Waals surface area (Å²) in [5.74, 6) is -1.18. The maximum absolute atomic E-state index is 12.8. The van der Waals surface area contributed by atoms with Crippen molar-refractivity contribution >= 4 is 23.5 Å². The quantitative estimate of drug-likeness (QED) is 0.791. The Balaban J connectivity index is 1.77. The molecule has 0 radical (unpaired) electrons. The highest BCUT2D eigenvalue weighted by atomic mass is 16.2. The van der Waals surface area contributed by atoms with Crippen LogP contribution >= 0.6 is 0 Å². The third-order valence-electron chi connectivity index (χ3n) is 4.49. The Kier molecular flexibility index (Phi) is 4.80. The molecule has 0 spiro atoms. The molecule has 2 N–H and O–H groups in total. The van der Waals surface area contributed by atoms with Gasteiger partial charge in [0.15, 0.2) is 0 Å². The molecule has 0 aliphatic carbocycles. The van der Waals surface area contributed by atoms with Gasteiger partial charge in [-0.2, -0.15) is 10.5 Å². The molecule has 1 heterocycles. The molecule has 1 fully saturated rings. The molecule has 0 aromatic heterocycles. The van der Waals surface area contributed by atoms with Crippen molar-refractivity contribution in [3.8, 4) is 12.1 Å². The summed E-state index contributed by atoms with van der Waals surface area (Å²) in [5.41, 5.74) is 0.169. The smallest absolute Gasteiger partial charge is 0.323 e. The van der Waals surface area contributed by atoms with E-state index in [-0.39, 0.29) is 5.56 Å². The zero-order chi connectivity index (χ0) is 20.3. The summed E-state index contributed by atoms with van der Waals surface area (Å²) in [6.45, 7) is 1.05. The fourth-order valence-electron chi connectivity index (χ4n) is 2.94. The highest BCUT2D eigenvalue weighted by molar-refractivity contribution is 6.10. The Morgan fingerprint density at radius 2 is 1.79 bits per heavy atom. The van der Waals surface area contributed by atoms with Crippen molar-refractivity contribution in [2.75, 3.05) is 11.9 Å². The van der Waals surface area contributed by atoms with Crippen molar-refractivity contribution in [1.29, 1.82) is 10.5 Å². The molecule has 0 bridgehead atoms. The van der Waals surface area contributed by atoms with Crippen LogP contribution in [0.5, 0.6) is 0 Å². The zero-order valence-electron chi connectivity index (χ0n) is 14.9. The first-order valence-electron chi connectivity index (χ1n) is 8.33. The van der Waals surface area contributed by atoms with E-state index in [4.69, 9.17) is 10.5 Å².